The van der Waals surface area contributed by atoms with Crippen molar-refractivity contribution >= 4 is 5.91 Å². The van der Waals surface area contributed by atoms with Gasteiger partial charge < -0.3 is 4.90 Å². The molecule has 128 valence electrons. The molecule has 1 unspecified atom stereocenters. The van der Waals surface area contributed by atoms with E-state index in [1.165, 1.54) is 0 Å². The number of nitrogens with zero attached hydrogens (tertiary/aromatic N) is 3. The Balaban J connectivity index is 1.71. The normalized spacial score (nSPS) is 17.9. The van der Waals surface area contributed by atoms with E-state index >= 15 is 0 Å². The van der Waals surface area contributed by atoms with E-state index in [2.05, 4.69) is 10.2 Å². The average molecular weight is 328 g/mol. The van der Waals surface area contributed by atoms with Crippen molar-refractivity contribution in [3.8, 4) is 0 Å². The van der Waals surface area contributed by atoms with E-state index in [9.17, 15) is 9.59 Å². The van der Waals surface area contributed by atoms with Gasteiger partial charge in [-0.25, -0.2) is 9.89 Å². The van der Waals surface area contributed by atoms with Gasteiger partial charge in [-0.05, 0) is 44.2 Å². The number of aryl methyl sites for hydroxylation is 1. The van der Waals surface area contributed by atoms with E-state index < -0.39 is 0 Å². The molecule has 0 spiro atoms. The molecule has 0 bridgehead atoms. The summed E-state index contributed by atoms with van der Waals surface area (Å²) in [5.41, 5.74) is 1.64. The molecular formula is C18H24N4O2. The van der Waals surface area contributed by atoms with Crippen LogP contribution >= 0.6 is 0 Å². The lowest BCUT2D eigenvalue weighted by atomic mass is 9.93. The van der Waals surface area contributed by atoms with Crippen LogP contribution in [0, 0.1) is 12.8 Å². The van der Waals surface area contributed by atoms with Gasteiger partial charge in [0.1, 0.15) is 5.82 Å². The molecule has 1 amide bonds. The summed E-state index contributed by atoms with van der Waals surface area (Å²) < 4.78 is 1.67. The molecule has 1 aliphatic heterocycles. The van der Waals surface area contributed by atoms with Crippen LogP contribution in [0.3, 0.4) is 0 Å². The standard InChI is InChI=1S/C18H24N4O2/c1-3-22-16(19-20-18(22)24)11-14-8-6-10-21(12-14)17(23)15-9-5-4-7-13(15)2/h4-5,7,9,14H,3,6,8,10-12H2,1-2H3,(H,20,24). The van der Waals surface area contributed by atoms with Gasteiger partial charge in [0, 0.05) is 31.6 Å². The SMILES string of the molecule is CCn1c(CC2CCCN(C(=O)c3ccccc3C)C2)n[nH]c1=O. The number of amides is 1. The Bertz CT molecular complexity index is 777. The second kappa shape index (κ2) is 7.03. The van der Waals surface area contributed by atoms with Crippen molar-refractivity contribution in [1.29, 1.82) is 0 Å². The highest BCUT2D eigenvalue weighted by Crippen LogP contribution is 2.22. The number of hydrogen-bond donors (Lipinski definition) is 1. The van der Waals surface area contributed by atoms with Crippen molar-refractivity contribution < 1.29 is 4.79 Å². The number of rotatable bonds is 4. The smallest absolute Gasteiger partial charge is 0.338 e. The molecule has 1 aromatic carbocycles. The van der Waals surface area contributed by atoms with Gasteiger partial charge in [-0.1, -0.05) is 18.2 Å². The Morgan fingerprint density at radius 1 is 1.38 bits per heavy atom. The van der Waals surface area contributed by atoms with Crippen LogP contribution in [0.25, 0.3) is 0 Å². The van der Waals surface area contributed by atoms with Crippen molar-refractivity contribution in [2.75, 3.05) is 13.1 Å². The third kappa shape index (κ3) is 3.27. The summed E-state index contributed by atoms with van der Waals surface area (Å²) in [6, 6.07) is 7.72. The highest BCUT2D eigenvalue weighted by Gasteiger charge is 2.26. The molecule has 24 heavy (non-hydrogen) atoms. The van der Waals surface area contributed by atoms with Gasteiger partial charge in [-0.3, -0.25) is 9.36 Å². The fourth-order valence-electron chi connectivity index (χ4n) is 3.49. The first-order valence-electron chi connectivity index (χ1n) is 8.59. The molecule has 3 rings (SSSR count). The number of carbonyl (C=O) groups is 1. The van der Waals surface area contributed by atoms with Gasteiger partial charge in [0.05, 0.1) is 0 Å². The zero-order valence-corrected chi connectivity index (χ0v) is 14.3. The summed E-state index contributed by atoms with van der Waals surface area (Å²) in [5, 5.41) is 6.67. The Kier molecular flexibility index (Phi) is 4.83. The van der Waals surface area contributed by atoms with Gasteiger partial charge >= 0.3 is 5.69 Å². The highest BCUT2D eigenvalue weighted by molar-refractivity contribution is 5.95. The van der Waals surface area contributed by atoms with E-state index in [1.807, 2.05) is 43.0 Å². The number of aromatic nitrogens is 3. The molecule has 0 radical (unpaired) electrons. The number of carbonyl (C=O) groups excluding carboxylic acids is 1. The lowest BCUT2D eigenvalue weighted by Crippen LogP contribution is -2.41. The number of nitrogens with one attached hydrogen (secondary N) is 1. The fourth-order valence-corrected chi connectivity index (χ4v) is 3.49. The van der Waals surface area contributed by atoms with Crippen LogP contribution in [0.2, 0.25) is 0 Å². The number of hydrogen-bond acceptors (Lipinski definition) is 3. The summed E-state index contributed by atoms with van der Waals surface area (Å²) in [6.07, 6.45) is 2.77. The van der Waals surface area contributed by atoms with Crippen LogP contribution in [0.4, 0.5) is 0 Å². The largest absolute Gasteiger partial charge is 0.343 e. The van der Waals surface area contributed by atoms with Crippen LogP contribution in [0.1, 0.15) is 41.5 Å². The van der Waals surface area contributed by atoms with Gasteiger partial charge in [0.2, 0.25) is 0 Å². The first-order chi connectivity index (χ1) is 11.6. The first kappa shape index (κ1) is 16.5. The predicted molar refractivity (Wildman–Crippen MR) is 92.0 cm³/mol. The maximum Gasteiger partial charge on any atom is 0.343 e. The van der Waals surface area contributed by atoms with Crippen LogP contribution in [-0.2, 0) is 13.0 Å². The summed E-state index contributed by atoms with van der Waals surface area (Å²) in [5.74, 6) is 1.23. The van der Waals surface area contributed by atoms with E-state index in [0.717, 1.165) is 49.3 Å². The molecule has 1 saturated heterocycles. The molecule has 1 aliphatic rings. The molecule has 2 heterocycles. The number of likely N-dealkylation sites (tertiary alicyclic amines) is 1. The fraction of sp³-hybridized carbons (Fsp3) is 0.500. The van der Waals surface area contributed by atoms with Crippen molar-refractivity contribution in [2.24, 2.45) is 5.92 Å². The molecule has 1 atom stereocenters. The van der Waals surface area contributed by atoms with E-state index in [1.54, 1.807) is 4.57 Å². The third-order valence-electron chi connectivity index (χ3n) is 4.81. The Morgan fingerprint density at radius 2 is 2.17 bits per heavy atom. The molecule has 1 fully saturated rings. The van der Waals surface area contributed by atoms with Crippen molar-refractivity contribution in [2.45, 2.75) is 39.7 Å². The molecular weight excluding hydrogens is 304 g/mol. The number of aromatic amines is 1. The van der Waals surface area contributed by atoms with E-state index in [4.69, 9.17) is 0 Å². The van der Waals surface area contributed by atoms with Crippen LogP contribution in [0.15, 0.2) is 29.1 Å². The van der Waals surface area contributed by atoms with Crippen molar-refractivity contribution in [3.63, 3.8) is 0 Å². The van der Waals surface area contributed by atoms with Crippen LogP contribution in [-0.4, -0.2) is 38.7 Å². The molecule has 6 heteroatoms. The lowest BCUT2D eigenvalue weighted by molar-refractivity contribution is 0.0671. The highest BCUT2D eigenvalue weighted by atomic mass is 16.2. The number of benzene rings is 1. The average Bonchev–Trinajstić information content (AvgIpc) is 2.94. The summed E-state index contributed by atoms with van der Waals surface area (Å²) in [6.45, 7) is 6.04. The van der Waals surface area contributed by atoms with Gasteiger partial charge in [0.25, 0.3) is 5.91 Å². The minimum atomic E-state index is -0.156. The summed E-state index contributed by atoms with van der Waals surface area (Å²) >= 11 is 0. The van der Waals surface area contributed by atoms with E-state index in [0.29, 0.717) is 12.5 Å². The second-order valence-corrected chi connectivity index (χ2v) is 6.47. The zero-order chi connectivity index (χ0) is 17.1. The molecule has 2 aromatic rings. The molecule has 0 saturated carbocycles. The monoisotopic (exact) mass is 328 g/mol. The Labute approximate surface area is 141 Å². The predicted octanol–water partition coefficient (Wildman–Crippen LogP) is 1.99. The molecule has 1 N–H and O–H groups in total. The molecule has 1 aromatic heterocycles. The third-order valence-corrected chi connectivity index (χ3v) is 4.81. The van der Waals surface area contributed by atoms with Gasteiger partial charge in [0.15, 0.2) is 0 Å². The maximum absolute atomic E-state index is 12.8. The first-order valence-corrected chi connectivity index (χ1v) is 8.59. The minimum Gasteiger partial charge on any atom is -0.338 e. The van der Waals surface area contributed by atoms with Crippen LogP contribution in [0.5, 0.6) is 0 Å². The second-order valence-electron chi connectivity index (χ2n) is 6.47. The molecule has 0 aliphatic carbocycles. The Hall–Kier alpha value is -2.37. The van der Waals surface area contributed by atoms with Crippen molar-refractivity contribution in [3.05, 3.63) is 51.7 Å². The van der Waals surface area contributed by atoms with Gasteiger partial charge in [-0.15, -0.1) is 0 Å². The topological polar surface area (TPSA) is 71.0 Å². The van der Waals surface area contributed by atoms with Crippen molar-refractivity contribution in [1.82, 2.24) is 19.7 Å². The number of piperidine rings is 1. The maximum atomic E-state index is 12.8. The molecule has 6 nitrogen and oxygen atoms in total. The zero-order valence-electron chi connectivity index (χ0n) is 14.3. The number of H-pyrrole nitrogens is 1. The quantitative estimate of drug-likeness (QED) is 0.933. The summed E-state index contributed by atoms with van der Waals surface area (Å²) in [4.78, 5) is 26.4. The van der Waals surface area contributed by atoms with Crippen LogP contribution < -0.4 is 5.69 Å². The summed E-state index contributed by atoms with van der Waals surface area (Å²) in [7, 11) is 0. The van der Waals surface area contributed by atoms with Gasteiger partial charge in [-0.2, -0.15) is 5.10 Å². The lowest BCUT2D eigenvalue weighted by Gasteiger charge is -2.33. The van der Waals surface area contributed by atoms with E-state index in [-0.39, 0.29) is 11.6 Å². The minimum absolute atomic E-state index is 0.104. The Morgan fingerprint density at radius 3 is 2.92 bits per heavy atom.